The largest absolute Gasteiger partial charge is 0.391 e. The average Bonchev–Trinajstić information content (AvgIpc) is 3.14. The molecule has 3 aliphatic rings. The Kier molecular flexibility index (Phi) is 9.51. The first kappa shape index (κ1) is 28.6. The van der Waals surface area contributed by atoms with Gasteiger partial charge in [-0.05, 0) is 99.8 Å². The van der Waals surface area contributed by atoms with Crippen LogP contribution in [0.25, 0.3) is 0 Å². The molecule has 0 aromatic carbocycles. The van der Waals surface area contributed by atoms with E-state index in [0.717, 1.165) is 49.4 Å². The van der Waals surface area contributed by atoms with E-state index in [1.165, 1.54) is 32.1 Å². The van der Waals surface area contributed by atoms with E-state index in [4.69, 9.17) is 0 Å². The lowest BCUT2D eigenvalue weighted by atomic mass is 9.60. The summed E-state index contributed by atoms with van der Waals surface area (Å²) in [5.41, 5.74) is 3.12. The molecule has 0 aromatic rings. The molecule has 0 amide bonds. The zero-order valence-electron chi connectivity index (χ0n) is 23.4. The normalized spacial score (nSPS) is 37.3. The number of rotatable bonds is 9. The monoisotopic (exact) mass is 487 g/mol. The quantitative estimate of drug-likeness (QED) is 0.372. The van der Waals surface area contributed by atoms with Crippen LogP contribution in [0.2, 0.25) is 0 Å². The van der Waals surface area contributed by atoms with E-state index < -0.39 is 17.8 Å². The van der Waals surface area contributed by atoms with Gasteiger partial charge in [0.05, 0.1) is 23.9 Å². The number of aliphatic hydroxyl groups excluding tert-OH is 2. The third-order valence-corrected chi connectivity index (χ3v) is 9.82. The Morgan fingerprint density at radius 2 is 1.86 bits per heavy atom. The van der Waals surface area contributed by atoms with E-state index in [1.54, 1.807) is 5.57 Å². The summed E-state index contributed by atoms with van der Waals surface area (Å²) in [7, 11) is 0. The van der Waals surface area contributed by atoms with Crippen molar-refractivity contribution in [1.29, 1.82) is 0 Å². The predicted molar refractivity (Wildman–Crippen MR) is 146 cm³/mol. The summed E-state index contributed by atoms with van der Waals surface area (Å²) in [6, 6.07) is -0.270. The van der Waals surface area contributed by atoms with Crippen LogP contribution in [-0.4, -0.2) is 57.2 Å². The van der Waals surface area contributed by atoms with E-state index in [0.29, 0.717) is 23.7 Å². The van der Waals surface area contributed by atoms with E-state index in [1.807, 2.05) is 13.8 Å². The van der Waals surface area contributed by atoms with Gasteiger partial charge in [-0.25, -0.2) is 0 Å². The molecule has 200 valence electrons. The molecule has 0 aromatic heterocycles. The number of aliphatic hydroxyl groups is 3. The lowest BCUT2D eigenvalue weighted by Crippen LogP contribution is -2.54. The summed E-state index contributed by atoms with van der Waals surface area (Å²) in [5.74, 6) is 2.06. The molecule has 0 unspecified atom stereocenters. The van der Waals surface area contributed by atoms with Crippen molar-refractivity contribution in [2.75, 3.05) is 13.1 Å². The molecule has 0 aliphatic heterocycles. The van der Waals surface area contributed by atoms with Crippen LogP contribution in [0.5, 0.6) is 0 Å². The zero-order valence-corrected chi connectivity index (χ0v) is 23.4. The first-order chi connectivity index (χ1) is 16.4. The van der Waals surface area contributed by atoms with Gasteiger partial charge >= 0.3 is 0 Å². The Morgan fingerprint density at radius 3 is 2.49 bits per heavy atom. The van der Waals surface area contributed by atoms with Gasteiger partial charge in [0.15, 0.2) is 0 Å². The minimum atomic E-state index is -0.722. The molecule has 3 aliphatic carbocycles. The van der Waals surface area contributed by atoms with Crippen LogP contribution in [0.4, 0.5) is 0 Å². The minimum Gasteiger partial charge on any atom is -0.391 e. The van der Waals surface area contributed by atoms with Gasteiger partial charge in [0.25, 0.3) is 0 Å². The summed E-state index contributed by atoms with van der Waals surface area (Å²) in [5, 5.41) is 32.0. The predicted octanol–water partition coefficient (Wildman–Crippen LogP) is 6.03. The molecule has 3 rings (SSSR count). The van der Waals surface area contributed by atoms with Gasteiger partial charge in [0.1, 0.15) is 0 Å². The highest BCUT2D eigenvalue weighted by atomic mass is 16.3. The van der Waals surface area contributed by atoms with Crippen molar-refractivity contribution >= 4 is 0 Å². The molecule has 3 saturated carbocycles. The number of likely N-dealkylation sites (N-methyl/N-ethyl adjacent to an activating group) is 1. The third kappa shape index (κ3) is 6.32. The van der Waals surface area contributed by atoms with Crippen molar-refractivity contribution in [2.24, 2.45) is 23.2 Å². The van der Waals surface area contributed by atoms with Crippen molar-refractivity contribution in [3.63, 3.8) is 0 Å². The second-order valence-corrected chi connectivity index (χ2v) is 12.7. The fraction of sp³-hybridized carbons (Fsp3) is 0.806. The summed E-state index contributed by atoms with van der Waals surface area (Å²) in [6.07, 6.45) is 13.2. The van der Waals surface area contributed by atoms with Crippen molar-refractivity contribution in [3.8, 4) is 0 Å². The highest BCUT2D eigenvalue weighted by molar-refractivity contribution is 5.40. The number of hydrogen-bond acceptors (Lipinski definition) is 4. The Morgan fingerprint density at radius 1 is 1.17 bits per heavy atom. The van der Waals surface area contributed by atoms with Gasteiger partial charge in [-0.15, -0.1) is 0 Å². The molecule has 4 heteroatoms. The van der Waals surface area contributed by atoms with Crippen LogP contribution in [0.15, 0.2) is 35.5 Å². The van der Waals surface area contributed by atoms with Crippen LogP contribution in [0.1, 0.15) is 99.3 Å². The van der Waals surface area contributed by atoms with Gasteiger partial charge in [0, 0.05) is 6.42 Å². The highest BCUT2D eigenvalue weighted by Crippen LogP contribution is 2.60. The SMILES string of the molecule is C=C1/C(=C\C=C2/CCC[C@]3(C)[C@@H]([C@H](C)CCCC(C)(C)O)CC[C@@H]23)C[C@@H](O)[C@H](N(CC)CC)[C@@H]1O. The van der Waals surface area contributed by atoms with Gasteiger partial charge in [-0.1, -0.05) is 64.8 Å². The highest BCUT2D eigenvalue weighted by Gasteiger charge is 2.50. The first-order valence-corrected chi connectivity index (χ1v) is 14.3. The molecule has 0 heterocycles. The standard InChI is InChI=1S/C31H53NO3/c1-8-32(9-2)28-27(33)20-24(22(4)29(28)34)15-14-23-13-11-19-31(7)25(16-17-26(23)31)21(3)12-10-18-30(5,6)35/h14-15,21,25-29,33-35H,4,8-13,16-20H2,1-3,5-7H3/b23-14+,24-15-/t21-,25-,26+,27-,28+,29-,31-/m1/s1. The van der Waals surface area contributed by atoms with Gasteiger partial charge < -0.3 is 15.3 Å². The summed E-state index contributed by atoms with van der Waals surface area (Å²) in [6.45, 7) is 18.8. The average molecular weight is 488 g/mol. The van der Waals surface area contributed by atoms with Crippen LogP contribution < -0.4 is 0 Å². The van der Waals surface area contributed by atoms with Gasteiger partial charge in [0.2, 0.25) is 0 Å². The Hall–Kier alpha value is -0.940. The number of hydrogen-bond donors (Lipinski definition) is 3. The lowest BCUT2D eigenvalue weighted by Gasteiger charge is -2.44. The molecule has 0 bridgehead atoms. The fourth-order valence-corrected chi connectivity index (χ4v) is 7.83. The first-order valence-electron chi connectivity index (χ1n) is 14.3. The van der Waals surface area contributed by atoms with Crippen LogP contribution in [0.3, 0.4) is 0 Å². The maximum Gasteiger partial charge on any atom is 0.0967 e. The van der Waals surface area contributed by atoms with E-state index in [2.05, 4.69) is 51.3 Å². The molecule has 0 spiro atoms. The Labute approximate surface area is 215 Å². The minimum absolute atomic E-state index is 0.270. The van der Waals surface area contributed by atoms with Gasteiger partial charge in [-0.2, -0.15) is 0 Å². The van der Waals surface area contributed by atoms with Crippen LogP contribution >= 0.6 is 0 Å². The summed E-state index contributed by atoms with van der Waals surface area (Å²) < 4.78 is 0. The molecule has 0 radical (unpaired) electrons. The summed E-state index contributed by atoms with van der Waals surface area (Å²) >= 11 is 0. The topological polar surface area (TPSA) is 63.9 Å². The smallest absolute Gasteiger partial charge is 0.0967 e. The number of allylic oxidation sites excluding steroid dienone is 3. The third-order valence-electron chi connectivity index (χ3n) is 9.82. The van der Waals surface area contributed by atoms with Crippen LogP contribution in [-0.2, 0) is 0 Å². The lowest BCUT2D eigenvalue weighted by molar-refractivity contribution is -0.0195. The van der Waals surface area contributed by atoms with Gasteiger partial charge in [-0.3, -0.25) is 4.90 Å². The zero-order chi connectivity index (χ0) is 26.0. The fourth-order valence-electron chi connectivity index (χ4n) is 7.83. The molecule has 4 nitrogen and oxygen atoms in total. The molecular formula is C31H53NO3. The maximum absolute atomic E-state index is 11.0. The Balaban J connectivity index is 1.72. The van der Waals surface area contributed by atoms with E-state index in [-0.39, 0.29) is 6.04 Å². The summed E-state index contributed by atoms with van der Waals surface area (Å²) in [4.78, 5) is 2.14. The molecule has 7 atom stereocenters. The number of fused-ring (bicyclic) bond motifs is 1. The Bertz CT molecular complexity index is 790. The van der Waals surface area contributed by atoms with E-state index in [9.17, 15) is 15.3 Å². The second-order valence-electron chi connectivity index (χ2n) is 12.7. The van der Waals surface area contributed by atoms with E-state index >= 15 is 0 Å². The molecule has 3 fully saturated rings. The molecule has 35 heavy (non-hydrogen) atoms. The molecular weight excluding hydrogens is 434 g/mol. The molecule has 3 N–H and O–H groups in total. The second kappa shape index (κ2) is 11.6. The van der Waals surface area contributed by atoms with Crippen molar-refractivity contribution in [2.45, 2.75) is 123 Å². The van der Waals surface area contributed by atoms with Crippen molar-refractivity contribution in [1.82, 2.24) is 4.90 Å². The molecule has 0 saturated heterocycles. The number of nitrogens with zero attached hydrogens (tertiary/aromatic N) is 1. The van der Waals surface area contributed by atoms with Crippen LogP contribution in [0, 0.1) is 23.2 Å². The maximum atomic E-state index is 11.0. The van der Waals surface area contributed by atoms with Crippen molar-refractivity contribution in [3.05, 3.63) is 35.5 Å². The van der Waals surface area contributed by atoms with Crippen molar-refractivity contribution < 1.29 is 15.3 Å².